The number of aromatic nitrogens is 3. The first kappa shape index (κ1) is 24.2. The quantitative estimate of drug-likeness (QED) is 0.187. The van der Waals surface area contributed by atoms with Crippen LogP contribution in [0.1, 0.15) is 0 Å². The minimum atomic E-state index is 0.648. The predicted molar refractivity (Wildman–Crippen MR) is 189 cm³/mol. The van der Waals surface area contributed by atoms with Gasteiger partial charge >= 0.3 is 0 Å². The number of rotatable bonds is 2. The second kappa shape index (κ2) is 9.13. The molecule has 0 saturated heterocycles. The summed E-state index contributed by atoms with van der Waals surface area (Å²) in [7, 11) is 0. The van der Waals surface area contributed by atoms with Crippen LogP contribution in [0.4, 0.5) is 0 Å². The molecule has 0 radical (unpaired) electrons. The zero-order valence-electron chi connectivity index (χ0n) is 23.3. The molecule has 0 bridgehead atoms. The molecule has 0 aliphatic rings. The molecular formula is C39H21N3S2. The van der Waals surface area contributed by atoms with Gasteiger partial charge in [-0.2, -0.15) is 0 Å². The molecule has 0 spiro atoms. The third-order valence-electron chi connectivity index (χ3n) is 8.68. The summed E-state index contributed by atoms with van der Waals surface area (Å²) in [6.07, 6.45) is 0. The van der Waals surface area contributed by atoms with E-state index in [2.05, 4.69) is 127 Å². The molecular weight excluding hydrogens is 575 g/mol. The van der Waals surface area contributed by atoms with Gasteiger partial charge in [0.1, 0.15) is 5.69 Å². The van der Waals surface area contributed by atoms with E-state index in [4.69, 9.17) is 15.0 Å². The van der Waals surface area contributed by atoms with E-state index in [9.17, 15) is 0 Å². The van der Waals surface area contributed by atoms with E-state index in [1.54, 1.807) is 0 Å². The first-order valence-corrected chi connectivity index (χ1v) is 16.2. The van der Waals surface area contributed by atoms with Crippen molar-refractivity contribution < 1.29 is 0 Å². The van der Waals surface area contributed by atoms with Gasteiger partial charge in [-0.1, -0.05) is 91.0 Å². The number of hydrogen-bond donors (Lipinski definition) is 0. The average Bonchev–Trinajstić information content (AvgIpc) is 3.65. The van der Waals surface area contributed by atoms with Gasteiger partial charge in [0.25, 0.3) is 0 Å². The lowest BCUT2D eigenvalue weighted by Gasteiger charge is -2.13. The average molecular weight is 596 g/mol. The highest BCUT2D eigenvalue weighted by atomic mass is 32.1. The molecule has 0 amide bonds. The second-order valence-electron chi connectivity index (χ2n) is 11.2. The summed E-state index contributed by atoms with van der Waals surface area (Å²) in [5.74, 6) is 0.648. The first-order chi connectivity index (χ1) is 21.8. The van der Waals surface area contributed by atoms with Crippen molar-refractivity contribution in [1.82, 2.24) is 15.0 Å². The van der Waals surface area contributed by atoms with Gasteiger partial charge in [-0.3, -0.25) is 0 Å². The molecule has 0 unspecified atom stereocenters. The number of pyridine rings is 1. The van der Waals surface area contributed by atoms with Gasteiger partial charge in [0.15, 0.2) is 5.82 Å². The molecule has 10 rings (SSSR count). The number of para-hydroxylation sites is 2. The summed E-state index contributed by atoms with van der Waals surface area (Å²) in [5.41, 5.74) is 4.69. The van der Waals surface area contributed by atoms with Crippen molar-refractivity contribution in [1.29, 1.82) is 0 Å². The fourth-order valence-corrected chi connectivity index (χ4v) is 9.00. The highest BCUT2D eigenvalue weighted by Crippen LogP contribution is 2.44. The minimum Gasteiger partial charge on any atom is -0.244 e. The number of nitrogens with zero attached hydrogens (tertiary/aromatic N) is 3. The molecule has 0 aliphatic heterocycles. The number of thiophene rings is 2. The van der Waals surface area contributed by atoms with Gasteiger partial charge in [0, 0.05) is 62.1 Å². The van der Waals surface area contributed by atoms with Crippen LogP contribution in [0.2, 0.25) is 0 Å². The molecule has 44 heavy (non-hydrogen) atoms. The van der Waals surface area contributed by atoms with Crippen LogP contribution in [0.5, 0.6) is 0 Å². The van der Waals surface area contributed by atoms with Crippen LogP contribution in [0.15, 0.2) is 127 Å². The molecule has 0 atom stereocenters. The molecule has 0 fully saturated rings. The van der Waals surface area contributed by atoms with Crippen LogP contribution in [-0.4, -0.2) is 15.0 Å². The highest BCUT2D eigenvalue weighted by Gasteiger charge is 2.20. The Balaban J connectivity index is 1.32. The third kappa shape index (κ3) is 3.45. The lowest BCUT2D eigenvalue weighted by Crippen LogP contribution is -1.98. The van der Waals surface area contributed by atoms with Gasteiger partial charge in [-0.25, -0.2) is 15.0 Å². The molecule has 5 heteroatoms. The van der Waals surface area contributed by atoms with Crippen LogP contribution < -0.4 is 0 Å². The fraction of sp³-hybridized carbons (Fsp3) is 0. The Morgan fingerprint density at radius 3 is 1.82 bits per heavy atom. The minimum absolute atomic E-state index is 0.648. The lowest BCUT2D eigenvalue weighted by atomic mass is 10.00. The smallest absolute Gasteiger partial charge is 0.180 e. The van der Waals surface area contributed by atoms with Gasteiger partial charge in [-0.15, -0.1) is 22.7 Å². The summed E-state index contributed by atoms with van der Waals surface area (Å²) >= 11 is 3.65. The topological polar surface area (TPSA) is 38.7 Å². The molecule has 10 aromatic rings. The largest absolute Gasteiger partial charge is 0.244 e. The summed E-state index contributed by atoms with van der Waals surface area (Å²) in [6.45, 7) is 0. The van der Waals surface area contributed by atoms with E-state index in [0.717, 1.165) is 44.1 Å². The van der Waals surface area contributed by atoms with E-state index >= 15 is 0 Å². The van der Waals surface area contributed by atoms with Crippen molar-refractivity contribution >= 4 is 95.6 Å². The maximum Gasteiger partial charge on any atom is 0.180 e. The zero-order chi connectivity index (χ0) is 28.8. The predicted octanol–water partition coefficient (Wildman–Crippen LogP) is 11.4. The normalized spacial score (nSPS) is 12.1. The zero-order valence-corrected chi connectivity index (χ0v) is 24.9. The van der Waals surface area contributed by atoms with Crippen molar-refractivity contribution in [2.75, 3.05) is 0 Å². The van der Waals surface area contributed by atoms with Crippen molar-refractivity contribution in [3.05, 3.63) is 127 Å². The SMILES string of the molecule is c1ccc2c(-c3ccc4sc5ccccc5c4c3)nc(-c3nc4ccccc4c4ccc5c6ccccc6sc5c34)nc2c1. The van der Waals surface area contributed by atoms with Crippen molar-refractivity contribution in [3.8, 4) is 22.8 Å². The van der Waals surface area contributed by atoms with E-state index in [1.807, 2.05) is 22.7 Å². The molecule has 0 N–H and O–H groups in total. The molecule has 0 aliphatic carbocycles. The second-order valence-corrected chi connectivity index (χ2v) is 13.3. The molecule has 4 aromatic heterocycles. The molecule has 204 valence electrons. The van der Waals surface area contributed by atoms with Crippen LogP contribution in [0, 0.1) is 0 Å². The third-order valence-corrected chi connectivity index (χ3v) is 11.0. The van der Waals surface area contributed by atoms with Crippen LogP contribution >= 0.6 is 22.7 Å². The van der Waals surface area contributed by atoms with Crippen LogP contribution in [0.25, 0.3) is 95.7 Å². The summed E-state index contributed by atoms with van der Waals surface area (Å²) in [4.78, 5) is 15.9. The van der Waals surface area contributed by atoms with E-state index in [-0.39, 0.29) is 0 Å². The standard InChI is InChI=1S/C39H21N3S2/c1-5-13-30-23(9-1)26-18-19-27-24-10-3-8-16-33(24)44-38(27)35(26)37(40-30)39-41-31-14-6-2-12-28(31)36(42-39)22-17-20-34-29(21-22)25-11-4-7-15-32(25)43-34/h1-21H. The Morgan fingerprint density at radius 1 is 0.386 bits per heavy atom. The van der Waals surface area contributed by atoms with Crippen molar-refractivity contribution in [2.24, 2.45) is 0 Å². The number of benzene rings is 6. The fourth-order valence-electron chi connectivity index (χ4n) is 6.66. The Kier molecular flexibility index (Phi) is 5.03. The molecule has 6 aromatic carbocycles. The molecule has 3 nitrogen and oxygen atoms in total. The molecule has 4 heterocycles. The Hall–Kier alpha value is -5.23. The summed E-state index contributed by atoms with van der Waals surface area (Å²) < 4.78 is 5.07. The summed E-state index contributed by atoms with van der Waals surface area (Å²) in [5, 5.41) is 9.51. The maximum atomic E-state index is 5.36. The van der Waals surface area contributed by atoms with E-state index in [0.29, 0.717) is 5.82 Å². The monoisotopic (exact) mass is 595 g/mol. The van der Waals surface area contributed by atoms with Crippen LogP contribution in [-0.2, 0) is 0 Å². The maximum absolute atomic E-state index is 5.36. The van der Waals surface area contributed by atoms with E-state index in [1.165, 1.54) is 45.7 Å². The molecule has 0 saturated carbocycles. The Bertz CT molecular complexity index is 2790. The van der Waals surface area contributed by atoms with Crippen molar-refractivity contribution in [3.63, 3.8) is 0 Å². The van der Waals surface area contributed by atoms with Gasteiger partial charge in [0.05, 0.1) is 16.7 Å². The summed E-state index contributed by atoms with van der Waals surface area (Å²) in [6, 6.07) is 45.2. The van der Waals surface area contributed by atoms with Gasteiger partial charge < -0.3 is 0 Å². The number of hydrogen-bond acceptors (Lipinski definition) is 5. The lowest BCUT2D eigenvalue weighted by molar-refractivity contribution is 1.21. The highest BCUT2D eigenvalue weighted by molar-refractivity contribution is 7.27. The van der Waals surface area contributed by atoms with Gasteiger partial charge in [0.2, 0.25) is 0 Å². The Labute approximate surface area is 259 Å². The number of fused-ring (bicyclic) bond motifs is 11. The van der Waals surface area contributed by atoms with Crippen molar-refractivity contribution in [2.45, 2.75) is 0 Å². The Morgan fingerprint density at radius 2 is 1.00 bits per heavy atom. The van der Waals surface area contributed by atoms with E-state index < -0.39 is 0 Å². The first-order valence-electron chi connectivity index (χ1n) is 14.6. The van der Waals surface area contributed by atoms with Gasteiger partial charge in [-0.05, 0) is 41.8 Å². The van der Waals surface area contributed by atoms with Crippen LogP contribution in [0.3, 0.4) is 0 Å².